The number of amides is 2. The van der Waals surface area contributed by atoms with Crippen molar-refractivity contribution in [1.29, 1.82) is 0 Å². The summed E-state index contributed by atoms with van der Waals surface area (Å²) in [5.41, 5.74) is 4.50. The van der Waals surface area contributed by atoms with E-state index in [0.29, 0.717) is 11.6 Å². The third-order valence-corrected chi connectivity index (χ3v) is 5.54. The van der Waals surface area contributed by atoms with Gasteiger partial charge in [0, 0.05) is 13.1 Å². The van der Waals surface area contributed by atoms with Crippen LogP contribution in [0, 0.1) is 0 Å². The maximum atomic E-state index is 13.0. The van der Waals surface area contributed by atoms with E-state index in [-0.39, 0.29) is 24.3 Å². The topological polar surface area (TPSA) is 40.6 Å². The molecular formula is C22H24N2O2. The van der Waals surface area contributed by atoms with Crippen LogP contribution < -0.4 is 4.90 Å². The van der Waals surface area contributed by atoms with Crippen LogP contribution in [0.2, 0.25) is 0 Å². The highest BCUT2D eigenvalue weighted by Crippen LogP contribution is 2.30. The van der Waals surface area contributed by atoms with Gasteiger partial charge in [-0.15, -0.1) is 0 Å². The first-order valence-corrected chi connectivity index (χ1v) is 9.32. The number of carbonyl (C=O) groups excluding carboxylic acids is 2. The molecule has 0 aromatic heterocycles. The lowest BCUT2D eigenvalue weighted by atomic mass is 9.98. The molecule has 0 bridgehead atoms. The van der Waals surface area contributed by atoms with Crippen molar-refractivity contribution in [3.05, 3.63) is 65.2 Å². The normalized spacial score (nSPS) is 20.7. The average molecular weight is 348 g/mol. The van der Waals surface area contributed by atoms with Gasteiger partial charge in [0.25, 0.3) is 5.91 Å². The van der Waals surface area contributed by atoms with Crippen LogP contribution in [0.1, 0.15) is 42.9 Å². The van der Waals surface area contributed by atoms with Gasteiger partial charge in [-0.2, -0.15) is 0 Å². The van der Waals surface area contributed by atoms with E-state index < -0.39 is 0 Å². The number of hydrogen-bond acceptors (Lipinski definition) is 3. The van der Waals surface area contributed by atoms with Gasteiger partial charge < -0.3 is 0 Å². The lowest BCUT2D eigenvalue weighted by molar-refractivity contribution is -0.123. The molecule has 1 atom stereocenters. The maximum absolute atomic E-state index is 13.0. The van der Waals surface area contributed by atoms with E-state index in [2.05, 4.69) is 36.9 Å². The van der Waals surface area contributed by atoms with Gasteiger partial charge in [0.2, 0.25) is 5.91 Å². The molecule has 26 heavy (non-hydrogen) atoms. The van der Waals surface area contributed by atoms with Gasteiger partial charge >= 0.3 is 0 Å². The molecule has 0 radical (unpaired) electrons. The average Bonchev–Trinajstić information content (AvgIpc) is 2.95. The van der Waals surface area contributed by atoms with E-state index in [1.165, 1.54) is 21.6 Å². The van der Waals surface area contributed by atoms with Gasteiger partial charge in [-0.25, -0.2) is 4.90 Å². The molecule has 2 aromatic carbocycles. The minimum absolute atomic E-state index is 0.0910. The highest BCUT2D eigenvalue weighted by Gasteiger charge is 2.43. The third kappa shape index (κ3) is 2.95. The molecule has 0 aliphatic carbocycles. The number of carbonyl (C=O) groups is 2. The molecule has 1 saturated heterocycles. The van der Waals surface area contributed by atoms with Crippen molar-refractivity contribution in [2.45, 2.75) is 45.2 Å². The van der Waals surface area contributed by atoms with E-state index in [9.17, 15) is 9.59 Å². The third-order valence-electron chi connectivity index (χ3n) is 5.54. The SMILES string of the molecule is CC(C)c1ccc(N2C(=O)C[C@H](N3CCc4ccccc4C3)C2=O)cc1. The summed E-state index contributed by atoms with van der Waals surface area (Å²) in [4.78, 5) is 29.1. The fraction of sp³-hybridized carbons (Fsp3) is 0.364. The number of anilines is 1. The van der Waals surface area contributed by atoms with Crippen molar-refractivity contribution in [2.24, 2.45) is 0 Å². The van der Waals surface area contributed by atoms with Crippen LogP contribution in [0.4, 0.5) is 5.69 Å². The standard InChI is InChI=1S/C22H24N2O2/c1-15(2)16-7-9-19(10-8-16)24-21(25)13-20(22(24)26)23-12-11-17-5-3-4-6-18(17)14-23/h3-10,15,20H,11-14H2,1-2H3/t20-/m0/s1. The lowest BCUT2D eigenvalue weighted by Gasteiger charge is -2.32. The van der Waals surface area contributed by atoms with Crippen LogP contribution in [0.3, 0.4) is 0 Å². The molecule has 2 aliphatic heterocycles. The summed E-state index contributed by atoms with van der Waals surface area (Å²) in [6.45, 7) is 5.82. The summed E-state index contributed by atoms with van der Waals surface area (Å²) in [5.74, 6) is 0.234. The Labute approximate surface area is 154 Å². The molecule has 2 aliphatic rings. The Morgan fingerprint density at radius 3 is 2.35 bits per heavy atom. The van der Waals surface area contributed by atoms with Crippen LogP contribution >= 0.6 is 0 Å². The first-order chi connectivity index (χ1) is 12.5. The van der Waals surface area contributed by atoms with Crippen molar-refractivity contribution >= 4 is 17.5 Å². The maximum Gasteiger partial charge on any atom is 0.251 e. The monoisotopic (exact) mass is 348 g/mol. The first-order valence-electron chi connectivity index (χ1n) is 9.32. The zero-order chi connectivity index (χ0) is 18.3. The molecule has 0 saturated carbocycles. The largest absolute Gasteiger partial charge is 0.287 e. The number of benzene rings is 2. The summed E-state index contributed by atoms with van der Waals surface area (Å²) in [5, 5.41) is 0. The molecule has 4 heteroatoms. The molecule has 134 valence electrons. The van der Waals surface area contributed by atoms with E-state index in [0.717, 1.165) is 19.5 Å². The van der Waals surface area contributed by atoms with Crippen LogP contribution in [-0.2, 0) is 22.6 Å². The predicted molar refractivity (Wildman–Crippen MR) is 102 cm³/mol. The molecular weight excluding hydrogens is 324 g/mol. The Hall–Kier alpha value is -2.46. The molecule has 0 unspecified atom stereocenters. The second-order valence-electron chi connectivity index (χ2n) is 7.52. The zero-order valence-electron chi connectivity index (χ0n) is 15.3. The lowest BCUT2D eigenvalue weighted by Crippen LogP contribution is -2.44. The second kappa shape index (κ2) is 6.69. The highest BCUT2D eigenvalue weighted by molar-refractivity contribution is 6.22. The van der Waals surface area contributed by atoms with E-state index in [1.807, 2.05) is 30.3 Å². The number of rotatable bonds is 3. The van der Waals surface area contributed by atoms with Crippen molar-refractivity contribution in [2.75, 3.05) is 11.4 Å². The quantitative estimate of drug-likeness (QED) is 0.797. The van der Waals surface area contributed by atoms with E-state index in [4.69, 9.17) is 0 Å². The number of fused-ring (bicyclic) bond motifs is 1. The van der Waals surface area contributed by atoms with Gasteiger partial charge in [0.1, 0.15) is 0 Å². The Morgan fingerprint density at radius 2 is 1.65 bits per heavy atom. The summed E-state index contributed by atoms with van der Waals surface area (Å²) in [6, 6.07) is 15.8. The molecule has 4 nitrogen and oxygen atoms in total. The van der Waals surface area contributed by atoms with Crippen molar-refractivity contribution in [3.8, 4) is 0 Å². The summed E-state index contributed by atoms with van der Waals surface area (Å²) < 4.78 is 0. The Kier molecular flexibility index (Phi) is 4.37. The molecule has 0 spiro atoms. The van der Waals surface area contributed by atoms with Crippen LogP contribution in [0.15, 0.2) is 48.5 Å². The summed E-state index contributed by atoms with van der Waals surface area (Å²) >= 11 is 0. The first kappa shape index (κ1) is 17.0. The number of imide groups is 1. The Bertz CT molecular complexity index is 841. The summed E-state index contributed by atoms with van der Waals surface area (Å²) in [7, 11) is 0. The molecule has 0 N–H and O–H groups in total. The second-order valence-corrected chi connectivity index (χ2v) is 7.52. The van der Waals surface area contributed by atoms with Crippen LogP contribution in [-0.4, -0.2) is 29.3 Å². The fourth-order valence-corrected chi connectivity index (χ4v) is 3.96. The van der Waals surface area contributed by atoms with Gasteiger partial charge in [-0.05, 0) is 41.2 Å². The van der Waals surface area contributed by atoms with E-state index >= 15 is 0 Å². The molecule has 2 heterocycles. The number of hydrogen-bond donors (Lipinski definition) is 0. The fourth-order valence-electron chi connectivity index (χ4n) is 3.96. The predicted octanol–water partition coefficient (Wildman–Crippen LogP) is 3.50. The van der Waals surface area contributed by atoms with Gasteiger partial charge in [0.05, 0.1) is 18.2 Å². The Balaban J connectivity index is 1.54. The van der Waals surface area contributed by atoms with Crippen molar-refractivity contribution in [3.63, 3.8) is 0 Å². The molecule has 1 fully saturated rings. The molecule has 4 rings (SSSR count). The van der Waals surface area contributed by atoms with Crippen LogP contribution in [0.5, 0.6) is 0 Å². The van der Waals surface area contributed by atoms with Gasteiger partial charge in [-0.1, -0.05) is 50.2 Å². The van der Waals surface area contributed by atoms with Gasteiger partial charge in [0.15, 0.2) is 0 Å². The molecule has 2 amide bonds. The minimum Gasteiger partial charge on any atom is -0.287 e. The van der Waals surface area contributed by atoms with E-state index in [1.54, 1.807) is 0 Å². The van der Waals surface area contributed by atoms with Crippen LogP contribution in [0.25, 0.3) is 0 Å². The number of nitrogens with zero attached hydrogens (tertiary/aromatic N) is 2. The zero-order valence-corrected chi connectivity index (χ0v) is 15.3. The van der Waals surface area contributed by atoms with Gasteiger partial charge in [-0.3, -0.25) is 14.5 Å². The molecule has 2 aromatic rings. The Morgan fingerprint density at radius 1 is 0.962 bits per heavy atom. The smallest absolute Gasteiger partial charge is 0.251 e. The summed E-state index contributed by atoms with van der Waals surface area (Å²) in [6.07, 6.45) is 1.20. The van der Waals surface area contributed by atoms with Crippen molar-refractivity contribution < 1.29 is 9.59 Å². The highest BCUT2D eigenvalue weighted by atomic mass is 16.2. The minimum atomic E-state index is -0.347. The van der Waals surface area contributed by atoms with Crippen molar-refractivity contribution in [1.82, 2.24) is 4.90 Å².